The Balaban J connectivity index is 0.00000256. The highest BCUT2D eigenvalue weighted by Crippen LogP contribution is 2.48. The number of hydrogen-bond acceptors (Lipinski definition) is 5. The van der Waals surface area contributed by atoms with Crippen LogP contribution in [0.4, 0.5) is 0 Å². The predicted molar refractivity (Wildman–Crippen MR) is 128 cm³/mol. The Morgan fingerprint density at radius 1 is 1.20 bits per heavy atom. The molecule has 0 bridgehead atoms. The molecule has 2 heterocycles. The van der Waals surface area contributed by atoms with Crippen LogP contribution in [-0.2, 0) is 11.8 Å². The van der Waals surface area contributed by atoms with Gasteiger partial charge in [0.1, 0.15) is 5.69 Å². The minimum absolute atomic E-state index is 0. The normalized spacial score (nSPS) is 14.7. The summed E-state index contributed by atoms with van der Waals surface area (Å²) < 4.78 is 5.29. The number of benzene rings is 1. The van der Waals surface area contributed by atoms with Crippen LogP contribution in [-0.4, -0.2) is 41.2 Å². The molecule has 2 N–H and O–H groups in total. The first-order valence-electron chi connectivity index (χ1n) is 9.63. The van der Waals surface area contributed by atoms with Crippen molar-refractivity contribution in [2.75, 3.05) is 20.1 Å². The van der Waals surface area contributed by atoms with Crippen LogP contribution >= 0.6 is 35.6 Å². The summed E-state index contributed by atoms with van der Waals surface area (Å²) in [5.41, 5.74) is 2.10. The zero-order chi connectivity index (χ0) is 20.1. The van der Waals surface area contributed by atoms with E-state index in [4.69, 9.17) is 16.1 Å². The van der Waals surface area contributed by atoms with Crippen molar-refractivity contribution < 1.29 is 4.52 Å². The number of nitrogens with zero attached hydrogens (tertiary/aromatic N) is 4. The molecule has 0 spiro atoms. The number of pyridine rings is 1. The third-order valence-electron chi connectivity index (χ3n) is 5.10. The molecular weight excluding hydrogens is 515 g/mol. The smallest absolute Gasteiger partial charge is 0.276 e. The number of guanidine groups is 1. The molecule has 158 valence electrons. The highest BCUT2D eigenvalue weighted by Gasteiger charge is 2.44. The van der Waals surface area contributed by atoms with Crippen LogP contribution in [0.1, 0.15) is 24.2 Å². The van der Waals surface area contributed by atoms with Gasteiger partial charge in [-0.2, -0.15) is 4.98 Å². The largest absolute Gasteiger partial charge is 0.356 e. The second-order valence-electron chi connectivity index (χ2n) is 7.12. The van der Waals surface area contributed by atoms with Crippen LogP contribution in [0, 0.1) is 0 Å². The van der Waals surface area contributed by atoms with Gasteiger partial charge in [-0.25, -0.2) is 0 Å². The van der Waals surface area contributed by atoms with Crippen LogP contribution < -0.4 is 10.6 Å². The van der Waals surface area contributed by atoms with Gasteiger partial charge in [0.05, 0.1) is 0 Å². The van der Waals surface area contributed by atoms with Crippen molar-refractivity contribution in [1.29, 1.82) is 0 Å². The average Bonchev–Trinajstić information content (AvgIpc) is 3.40. The minimum atomic E-state index is 0. The summed E-state index contributed by atoms with van der Waals surface area (Å²) in [5.74, 6) is 1.82. The van der Waals surface area contributed by atoms with E-state index in [1.807, 2.05) is 30.3 Å². The number of aliphatic imine (C=N–C) groups is 1. The number of aromatic nitrogens is 3. The van der Waals surface area contributed by atoms with E-state index in [1.54, 1.807) is 13.2 Å². The van der Waals surface area contributed by atoms with E-state index in [9.17, 15) is 0 Å². The van der Waals surface area contributed by atoms with Gasteiger partial charge in [0.2, 0.25) is 0 Å². The maximum absolute atomic E-state index is 6.16. The van der Waals surface area contributed by atoms with Crippen molar-refractivity contribution in [3.05, 3.63) is 65.1 Å². The lowest BCUT2D eigenvalue weighted by Crippen LogP contribution is -2.42. The Kier molecular flexibility index (Phi) is 7.65. The first kappa shape index (κ1) is 22.5. The van der Waals surface area contributed by atoms with Crippen LogP contribution in [0.15, 0.2) is 58.2 Å². The molecule has 0 aliphatic heterocycles. The van der Waals surface area contributed by atoms with Crippen molar-refractivity contribution in [3.8, 4) is 11.6 Å². The molecule has 0 amide bonds. The third kappa shape index (κ3) is 5.48. The quantitative estimate of drug-likeness (QED) is 0.270. The number of nitrogens with one attached hydrogen (secondary N) is 2. The fraction of sp³-hybridized carbons (Fsp3) is 0.333. The molecule has 4 rings (SSSR count). The Hall–Kier alpha value is -2.20. The van der Waals surface area contributed by atoms with Gasteiger partial charge in [-0.1, -0.05) is 35.0 Å². The second-order valence-corrected chi connectivity index (χ2v) is 7.56. The molecule has 1 aromatic carbocycles. The van der Waals surface area contributed by atoms with E-state index in [-0.39, 0.29) is 29.4 Å². The first-order valence-corrected chi connectivity index (χ1v) is 10.0. The van der Waals surface area contributed by atoms with Gasteiger partial charge >= 0.3 is 0 Å². The number of rotatable bonds is 7. The molecule has 0 saturated heterocycles. The number of halogens is 2. The maximum Gasteiger partial charge on any atom is 0.276 e. The van der Waals surface area contributed by atoms with E-state index in [0.29, 0.717) is 30.4 Å². The molecule has 2 aromatic heterocycles. The third-order valence-corrected chi connectivity index (χ3v) is 5.34. The molecule has 7 nitrogen and oxygen atoms in total. The number of hydrogen-bond donors (Lipinski definition) is 2. The van der Waals surface area contributed by atoms with Gasteiger partial charge in [0.25, 0.3) is 5.89 Å². The average molecular weight is 539 g/mol. The van der Waals surface area contributed by atoms with Crippen LogP contribution in [0.25, 0.3) is 11.6 Å². The summed E-state index contributed by atoms with van der Waals surface area (Å²) in [4.78, 5) is 12.9. The molecular formula is C21H24ClIN6O. The minimum Gasteiger partial charge on any atom is -0.356 e. The first-order chi connectivity index (χ1) is 14.2. The highest BCUT2D eigenvalue weighted by molar-refractivity contribution is 14.0. The summed E-state index contributed by atoms with van der Waals surface area (Å²) in [6, 6.07) is 13.7. The standard InChI is InChI=1S/C21H23ClN6O.HI/c1-23-20(26-14-21(9-10-21)15-5-4-6-16(22)13-15)25-12-8-18-27-19(29-28-18)17-7-2-3-11-24-17;/h2-7,11,13H,8-10,12,14H2,1H3,(H2,23,25,26);1H. The van der Waals surface area contributed by atoms with Gasteiger partial charge in [-0.15, -0.1) is 24.0 Å². The van der Waals surface area contributed by atoms with Crippen molar-refractivity contribution in [2.45, 2.75) is 24.7 Å². The van der Waals surface area contributed by atoms with Crippen LogP contribution in [0.2, 0.25) is 5.02 Å². The Morgan fingerprint density at radius 3 is 2.77 bits per heavy atom. The highest BCUT2D eigenvalue weighted by atomic mass is 127. The molecule has 0 unspecified atom stereocenters. The lowest BCUT2D eigenvalue weighted by atomic mass is 9.96. The van der Waals surface area contributed by atoms with Crippen molar-refractivity contribution >= 4 is 41.5 Å². The molecule has 1 saturated carbocycles. The fourth-order valence-corrected chi connectivity index (χ4v) is 3.44. The Labute approximate surface area is 197 Å². The molecule has 9 heteroatoms. The molecule has 30 heavy (non-hydrogen) atoms. The zero-order valence-corrected chi connectivity index (χ0v) is 19.7. The fourth-order valence-electron chi connectivity index (χ4n) is 3.25. The van der Waals surface area contributed by atoms with E-state index in [2.05, 4.69) is 42.9 Å². The summed E-state index contributed by atoms with van der Waals surface area (Å²) in [7, 11) is 1.77. The van der Waals surface area contributed by atoms with Gasteiger partial charge in [0, 0.05) is 43.2 Å². The van der Waals surface area contributed by atoms with Gasteiger partial charge in [0.15, 0.2) is 11.8 Å². The SMILES string of the molecule is CN=C(NCCc1noc(-c2ccccn2)n1)NCC1(c2cccc(Cl)c2)CC1.I. The molecule has 1 fully saturated rings. The van der Waals surface area contributed by atoms with Gasteiger partial charge < -0.3 is 15.2 Å². The molecule has 1 aliphatic rings. The van der Waals surface area contributed by atoms with Crippen molar-refractivity contribution in [3.63, 3.8) is 0 Å². The summed E-state index contributed by atoms with van der Waals surface area (Å²) in [5, 5.41) is 11.5. The molecule has 1 aliphatic carbocycles. The van der Waals surface area contributed by atoms with Crippen molar-refractivity contribution in [1.82, 2.24) is 25.8 Å². The second kappa shape index (κ2) is 10.2. The van der Waals surface area contributed by atoms with Crippen LogP contribution in [0.5, 0.6) is 0 Å². The van der Waals surface area contributed by atoms with E-state index >= 15 is 0 Å². The van der Waals surface area contributed by atoms with E-state index < -0.39 is 0 Å². The predicted octanol–water partition coefficient (Wildman–Crippen LogP) is 3.84. The van der Waals surface area contributed by atoms with E-state index in [1.165, 1.54) is 5.56 Å². The maximum atomic E-state index is 6.16. The summed E-state index contributed by atoms with van der Waals surface area (Å²) in [6.45, 7) is 1.46. The Bertz CT molecular complexity index is 990. The lowest BCUT2D eigenvalue weighted by molar-refractivity contribution is 0.421. The molecule has 0 atom stereocenters. The summed E-state index contributed by atoms with van der Waals surface area (Å²) in [6.07, 6.45) is 4.62. The van der Waals surface area contributed by atoms with Gasteiger partial charge in [-0.05, 0) is 42.7 Å². The lowest BCUT2D eigenvalue weighted by Gasteiger charge is -2.19. The van der Waals surface area contributed by atoms with Crippen molar-refractivity contribution in [2.24, 2.45) is 4.99 Å². The molecule has 3 aromatic rings. The Morgan fingerprint density at radius 2 is 2.07 bits per heavy atom. The van der Waals surface area contributed by atoms with E-state index in [0.717, 1.165) is 30.4 Å². The summed E-state index contributed by atoms with van der Waals surface area (Å²) >= 11 is 6.16. The van der Waals surface area contributed by atoms with Crippen LogP contribution in [0.3, 0.4) is 0 Å². The zero-order valence-electron chi connectivity index (χ0n) is 16.6. The topological polar surface area (TPSA) is 88.2 Å². The molecule has 0 radical (unpaired) electrons. The van der Waals surface area contributed by atoms with Gasteiger partial charge in [-0.3, -0.25) is 9.98 Å². The monoisotopic (exact) mass is 538 g/mol.